The van der Waals surface area contributed by atoms with Crippen molar-refractivity contribution in [1.82, 2.24) is 15.1 Å². The van der Waals surface area contributed by atoms with Crippen LogP contribution in [-0.2, 0) is 0 Å². The van der Waals surface area contributed by atoms with Crippen LogP contribution in [0.25, 0.3) is 16.9 Å². The van der Waals surface area contributed by atoms with Crippen molar-refractivity contribution >= 4 is 17.5 Å². The van der Waals surface area contributed by atoms with E-state index in [9.17, 15) is 9.59 Å². The van der Waals surface area contributed by atoms with Gasteiger partial charge in [-0.15, -0.1) is 0 Å². The number of benzene rings is 3. The molecule has 0 atom stereocenters. The molecule has 172 valence electrons. The first-order valence-electron chi connectivity index (χ1n) is 11.3. The first kappa shape index (κ1) is 23.0. The molecular weight excluding hydrogens is 424 g/mol. The summed E-state index contributed by atoms with van der Waals surface area (Å²) in [5, 5.41) is 10.6. The van der Waals surface area contributed by atoms with Crippen molar-refractivity contribution in [1.29, 1.82) is 0 Å². The van der Waals surface area contributed by atoms with Gasteiger partial charge in [0.25, 0.3) is 11.8 Å². The molecule has 4 aromatic rings. The van der Waals surface area contributed by atoms with Crippen molar-refractivity contribution in [3.05, 3.63) is 101 Å². The maximum atomic E-state index is 13.5. The molecule has 4 rings (SSSR count). The van der Waals surface area contributed by atoms with Gasteiger partial charge in [-0.3, -0.25) is 9.59 Å². The minimum atomic E-state index is -0.284. The minimum absolute atomic E-state index is 0.175. The Hall–Kier alpha value is -4.19. The lowest BCUT2D eigenvalue weighted by Gasteiger charge is -2.11. The highest BCUT2D eigenvalue weighted by Crippen LogP contribution is 2.29. The molecule has 0 bridgehead atoms. The molecule has 1 heterocycles. The van der Waals surface area contributed by atoms with Crippen LogP contribution in [0.15, 0.2) is 72.9 Å². The number of hydrogen-bond donors (Lipinski definition) is 2. The summed E-state index contributed by atoms with van der Waals surface area (Å²) in [6.45, 7) is 8.36. The third kappa shape index (κ3) is 4.76. The zero-order chi connectivity index (χ0) is 24.2. The summed E-state index contributed by atoms with van der Waals surface area (Å²) < 4.78 is 1.72. The van der Waals surface area contributed by atoms with Gasteiger partial charge >= 0.3 is 0 Å². The Bertz CT molecular complexity index is 1360. The first-order chi connectivity index (χ1) is 16.4. The summed E-state index contributed by atoms with van der Waals surface area (Å²) in [6.07, 6.45) is 1.75. The van der Waals surface area contributed by atoms with Crippen molar-refractivity contribution in [2.75, 3.05) is 11.9 Å². The number of amides is 2. The molecule has 0 saturated carbocycles. The van der Waals surface area contributed by atoms with Crippen molar-refractivity contribution in [2.24, 2.45) is 0 Å². The van der Waals surface area contributed by atoms with Crippen molar-refractivity contribution in [3.8, 4) is 16.9 Å². The van der Waals surface area contributed by atoms with Gasteiger partial charge in [0, 0.05) is 29.6 Å². The van der Waals surface area contributed by atoms with Gasteiger partial charge in [-0.1, -0.05) is 48.0 Å². The van der Waals surface area contributed by atoms with Crippen LogP contribution in [-0.4, -0.2) is 28.1 Å². The highest BCUT2D eigenvalue weighted by molar-refractivity contribution is 6.09. The molecule has 34 heavy (non-hydrogen) atoms. The van der Waals surface area contributed by atoms with Gasteiger partial charge in [0.05, 0.1) is 11.3 Å². The van der Waals surface area contributed by atoms with Crippen LogP contribution in [0.2, 0.25) is 0 Å². The van der Waals surface area contributed by atoms with Gasteiger partial charge in [-0.25, -0.2) is 4.68 Å². The third-order valence-corrected chi connectivity index (χ3v) is 5.70. The maximum absolute atomic E-state index is 13.5. The molecule has 3 aromatic carbocycles. The third-order valence-electron chi connectivity index (χ3n) is 5.70. The molecule has 0 fully saturated rings. The van der Waals surface area contributed by atoms with E-state index in [1.807, 2.05) is 76.2 Å². The lowest BCUT2D eigenvalue weighted by molar-refractivity contribution is 0.0954. The number of aromatic nitrogens is 2. The standard InChI is InChI=1S/C28H28N4O2/c1-5-29-27(33)21-13-12-19(3)25(16-21)30-28(34)24-17-32(22-9-7-6-8-10-22)31-26(24)23-14-11-18(2)15-20(23)4/h6-17H,5H2,1-4H3,(H,29,33)(H,30,34). The second kappa shape index (κ2) is 9.75. The molecule has 0 saturated heterocycles. The molecule has 6 nitrogen and oxygen atoms in total. The molecule has 1 aromatic heterocycles. The molecule has 0 aliphatic heterocycles. The topological polar surface area (TPSA) is 76.0 Å². The van der Waals surface area contributed by atoms with Crippen LogP contribution in [0.3, 0.4) is 0 Å². The van der Waals surface area contributed by atoms with Crippen molar-refractivity contribution in [3.63, 3.8) is 0 Å². The zero-order valence-electron chi connectivity index (χ0n) is 19.8. The number of hydrogen-bond acceptors (Lipinski definition) is 3. The molecule has 0 radical (unpaired) electrons. The summed E-state index contributed by atoms with van der Waals surface area (Å²) in [7, 11) is 0. The van der Waals surface area contributed by atoms with Crippen molar-refractivity contribution < 1.29 is 9.59 Å². The van der Waals surface area contributed by atoms with E-state index in [1.54, 1.807) is 23.0 Å². The molecular formula is C28H28N4O2. The number of para-hydroxylation sites is 1. The number of anilines is 1. The van der Waals surface area contributed by atoms with E-state index in [1.165, 1.54) is 0 Å². The molecule has 0 spiro atoms. The Morgan fingerprint density at radius 2 is 1.65 bits per heavy atom. The summed E-state index contributed by atoms with van der Waals surface area (Å²) in [5.74, 6) is -0.459. The molecule has 6 heteroatoms. The molecule has 0 aliphatic rings. The quantitative estimate of drug-likeness (QED) is 0.407. The number of carbonyl (C=O) groups is 2. The summed E-state index contributed by atoms with van der Waals surface area (Å²) in [4.78, 5) is 25.8. The van der Waals surface area contributed by atoms with Crippen LogP contribution in [0.1, 0.15) is 44.3 Å². The van der Waals surface area contributed by atoms with Crippen LogP contribution in [0.5, 0.6) is 0 Å². The molecule has 2 amide bonds. The van der Waals surface area contributed by atoms with E-state index < -0.39 is 0 Å². The highest BCUT2D eigenvalue weighted by atomic mass is 16.2. The first-order valence-corrected chi connectivity index (χ1v) is 11.3. The molecule has 0 aliphatic carbocycles. The Morgan fingerprint density at radius 3 is 2.35 bits per heavy atom. The number of nitrogens with one attached hydrogen (secondary N) is 2. The SMILES string of the molecule is CCNC(=O)c1ccc(C)c(NC(=O)c2cn(-c3ccccc3)nc2-c2ccc(C)cc2C)c1. The van der Waals surface area contributed by atoms with E-state index in [4.69, 9.17) is 5.10 Å². The smallest absolute Gasteiger partial charge is 0.259 e. The Balaban J connectivity index is 1.76. The van der Waals surface area contributed by atoms with Gasteiger partial charge < -0.3 is 10.6 Å². The Labute approximate surface area is 199 Å². The van der Waals surface area contributed by atoms with E-state index in [2.05, 4.69) is 16.7 Å². The minimum Gasteiger partial charge on any atom is -0.352 e. The zero-order valence-corrected chi connectivity index (χ0v) is 19.8. The Morgan fingerprint density at radius 1 is 0.882 bits per heavy atom. The van der Waals surface area contributed by atoms with Crippen LogP contribution in [0.4, 0.5) is 5.69 Å². The highest BCUT2D eigenvalue weighted by Gasteiger charge is 2.21. The second-order valence-electron chi connectivity index (χ2n) is 8.33. The summed E-state index contributed by atoms with van der Waals surface area (Å²) in [6, 6.07) is 21.1. The average molecular weight is 453 g/mol. The van der Waals surface area contributed by atoms with Gasteiger partial charge in [-0.05, 0) is 63.1 Å². The van der Waals surface area contributed by atoms with E-state index in [0.717, 1.165) is 27.9 Å². The fourth-order valence-corrected chi connectivity index (χ4v) is 3.88. The largest absolute Gasteiger partial charge is 0.352 e. The fraction of sp³-hybridized carbons (Fsp3) is 0.179. The maximum Gasteiger partial charge on any atom is 0.259 e. The number of nitrogens with zero attached hydrogens (tertiary/aromatic N) is 2. The number of aryl methyl sites for hydroxylation is 3. The van der Waals surface area contributed by atoms with Crippen molar-refractivity contribution in [2.45, 2.75) is 27.7 Å². The predicted octanol–water partition coefficient (Wildman–Crippen LogP) is 5.47. The fourth-order valence-electron chi connectivity index (χ4n) is 3.88. The van der Waals surface area contributed by atoms with Crippen LogP contribution < -0.4 is 10.6 Å². The summed E-state index contributed by atoms with van der Waals surface area (Å²) >= 11 is 0. The number of carbonyl (C=O) groups excluding carboxylic acids is 2. The monoisotopic (exact) mass is 452 g/mol. The molecule has 2 N–H and O–H groups in total. The van der Waals surface area contributed by atoms with Gasteiger partial charge in [0.2, 0.25) is 0 Å². The van der Waals surface area contributed by atoms with E-state index >= 15 is 0 Å². The van der Waals surface area contributed by atoms with Gasteiger partial charge in [0.15, 0.2) is 0 Å². The lowest BCUT2D eigenvalue weighted by atomic mass is 10.0. The van der Waals surface area contributed by atoms with Crippen LogP contribution in [0, 0.1) is 20.8 Å². The predicted molar refractivity (Wildman–Crippen MR) is 136 cm³/mol. The van der Waals surface area contributed by atoms with Gasteiger partial charge in [0.1, 0.15) is 5.69 Å². The summed E-state index contributed by atoms with van der Waals surface area (Å²) in [5.41, 5.74) is 6.97. The second-order valence-corrected chi connectivity index (χ2v) is 8.33. The van der Waals surface area contributed by atoms with Crippen LogP contribution >= 0.6 is 0 Å². The molecule has 0 unspecified atom stereocenters. The normalized spacial score (nSPS) is 10.7. The lowest BCUT2D eigenvalue weighted by Crippen LogP contribution is -2.23. The van der Waals surface area contributed by atoms with E-state index in [-0.39, 0.29) is 11.8 Å². The average Bonchev–Trinajstić information content (AvgIpc) is 3.26. The van der Waals surface area contributed by atoms with Gasteiger partial charge in [-0.2, -0.15) is 5.10 Å². The Kier molecular flexibility index (Phi) is 6.59. The van der Waals surface area contributed by atoms with E-state index in [0.29, 0.717) is 29.1 Å². The number of rotatable bonds is 6.